The van der Waals surface area contributed by atoms with Gasteiger partial charge in [-0.05, 0) is 18.6 Å². The number of fused-ring (bicyclic) bond motifs is 3. The molecule has 0 aliphatic carbocycles. The normalized spacial score (nSPS) is 27.4. The zero-order valence-electron chi connectivity index (χ0n) is 15.2. The molecule has 5 nitrogen and oxygen atoms in total. The van der Waals surface area contributed by atoms with Crippen LogP contribution >= 0.6 is 0 Å². The second-order valence-electron chi connectivity index (χ2n) is 6.85. The molecular weight excluding hydrogens is 410 g/mol. The van der Waals surface area contributed by atoms with Crippen LogP contribution in [-0.2, 0) is 14.2 Å². The molecule has 0 atom stereocenters. The molecule has 11 heteroatoms. The van der Waals surface area contributed by atoms with Gasteiger partial charge in [0.15, 0.2) is 11.6 Å². The number of alkyl halides is 5. The number of ether oxygens (including phenoxy) is 5. The first-order valence-corrected chi connectivity index (χ1v) is 8.69. The molecule has 4 rings (SSSR count). The van der Waals surface area contributed by atoms with Gasteiger partial charge in [-0.25, -0.2) is 4.39 Å². The highest BCUT2D eigenvalue weighted by Gasteiger charge is 2.68. The Balaban J connectivity index is 1.68. The van der Waals surface area contributed by atoms with Crippen LogP contribution in [0.5, 0.6) is 11.5 Å². The van der Waals surface area contributed by atoms with E-state index in [9.17, 15) is 26.3 Å². The Bertz CT molecular complexity index is 739. The maximum Gasteiger partial charge on any atom is 0.484 e. The fourth-order valence-corrected chi connectivity index (χ4v) is 3.03. The minimum atomic E-state index is -4.64. The van der Waals surface area contributed by atoms with Gasteiger partial charge >= 0.3 is 18.3 Å². The Hall–Kier alpha value is -1.98. The van der Waals surface area contributed by atoms with E-state index in [1.165, 1.54) is 0 Å². The summed E-state index contributed by atoms with van der Waals surface area (Å²) in [4.78, 5) is 0. The molecule has 3 fully saturated rings. The van der Waals surface area contributed by atoms with Crippen LogP contribution in [0.2, 0.25) is 0 Å². The largest absolute Gasteiger partial charge is 0.484 e. The van der Waals surface area contributed by atoms with E-state index in [1.54, 1.807) is 0 Å². The minimum Gasteiger partial charge on any atom is -0.462 e. The number of rotatable bonds is 7. The maximum atomic E-state index is 14.7. The van der Waals surface area contributed by atoms with E-state index in [2.05, 4.69) is 9.47 Å². The van der Waals surface area contributed by atoms with Crippen LogP contribution in [-0.4, -0.2) is 38.1 Å². The summed E-state index contributed by atoms with van der Waals surface area (Å²) in [6.07, 6.45) is -7.32. The van der Waals surface area contributed by atoms with Crippen molar-refractivity contribution in [2.24, 2.45) is 5.41 Å². The highest BCUT2D eigenvalue weighted by molar-refractivity contribution is 5.34. The summed E-state index contributed by atoms with van der Waals surface area (Å²) in [6.45, 7) is 1.91. The van der Waals surface area contributed by atoms with Crippen LogP contribution in [0.15, 0.2) is 30.5 Å². The van der Waals surface area contributed by atoms with Crippen LogP contribution in [0.3, 0.4) is 0 Å². The summed E-state index contributed by atoms with van der Waals surface area (Å²) < 4.78 is 104. The van der Waals surface area contributed by atoms with Gasteiger partial charge in [0.2, 0.25) is 0 Å². The van der Waals surface area contributed by atoms with Crippen LogP contribution in [0.25, 0.3) is 0 Å². The first-order chi connectivity index (χ1) is 13.5. The average molecular weight is 428 g/mol. The molecule has 0 aromatic heterocycles. The number of hydrogen-bond donors (Lipinski definition) is 0. The van der Waals surface area contributed by atoms with Crippen molar-refractivity contribution in [3.8, 4) is 11.5 Å². The van der Waals surface area contributed by atoms with E-state index in [0.29, 0.717) is 12.5 Å². The van der Waals surface area contributed by atoms with E-state index in [0.717, 1.165) is 18.6 Å². The fraction of sp³-hybridized carbons (Fsp3) is 0.556. The molecule has 3 aliphatic rings. The third kappa shape index (κ3) is 4.62. The molecule has 0 spiro atoms. The van der Waals surface area contributed by atoms with Gasteiger partial charge in [-0.2, -0.15) is 22.0 Å². The smallest absolute Gasteiger partial charge is 0.462 e. The van der Waals surface area contributed by atoms with Gasteiger partial charge in [0, 0.05) is 11.5 Å². The topological polar surface area (TPSA) is 46.2 Å². The molecule has 0 amide bonds. The second kappa shape index (κ2) is 7.69. The van der Waals surface area contributed by atoms with E-state index in [-0.39, 0.29) is 32.2 Å². The van der Waals surface area contributed by atoms with Crippen molar-refractivity contribution in [3.63, 3.8) is 0 Å². The molecule has 3 heterocycles. The minimum absolute atomic E-state index is 0.00747. The van der Waals surface area contributed by atoms with Crippen LogP contribution < -0.4 is 9.47 Å². The van der Waals surface area contributed by atoms with Gasteiger partial charge in [-0.1, -0.05) is 13.3 Å². The predicted octanol–water partition coefficient (Wildman–Crippen LogP) is 4.77. The fourth-order valence-electron chi connectivity index (χ4n) is 3.03. The third-order valence-electron chi connectivity index (χ3n) is 4.44. The van der Waals surface area contributed by atoms with Crippen molar-refractivity contribution >= 4 is 0 Å². The highest BCUT2D eigenvalue weighted by Crippen LogP contribution is 2.48. The van der Waals surface area contributed by atoms with Crippen LogP contribution in [0, 0.1) is 11.2 Å². The summed E-state index contributed by atoms with van der Waals surface area (Å²) in [5.74, 6) is -5.20. The predicted molar refractivity (Wildman–Crippen MR) is 85.7 cm³/mol. The second-order valence-corrected chi connectivity index (χ2v) is 6.85. The first-order valence-electron chi connectivity index (χ1n) is 8.69. The summed E-state index contributed by atoms with van der Waals surface area (Å²) in [6, 6.07) is 2.28. The maximum absolute atomic E-state index is 14.7. The van der Waals surface area contributed by atoms with E-state index < -0.39 is 41.0 Å². The SMILES string of the molecule is CCCC12COC(C(F)(F)Oc3ccc(O/C=C/C(F)(F)F)c(F)c3)(OC1)OC2. The third-order valence-corrected chi connectivity index (χ3v) is 4.44. The molecule has 3 saturated heterocycles. The van der Waals surface area contributed by atoms with E-state index >= 15 is 0 Å². The molecular formula is C18H18F6O5. The van der Waals surface area contributed by atoms with Gasteiger partial charge < -0.3 is 23.7 Å². The lowest BCUT2D eigenvalue weighted by Gasteiger charge is -2.52. The van der Waals surface area contributed by atoms with Gasteiger partial charge in [-0.15, -0.1) is 0 Å². The van der Waals surface area contributed by atoms with Crippen molar-refractivity contribution in [3.05, 3.63) is 36.4 Å². The quantitative estimate of drug-likeness (QED) is 0.463. The van der Waals surface area contributed by atoms with Crippen molar-refractivity contribution in [2.75, 3.05) is 19.8 Å². The molecule has 2 bridgehead atoms. The van der Waals surface area contributed by atoms with Crippen LogP contribution in [0.1, 0.15) is 19.8 Å². The Kier molecular flexibility index (Phi) is 5.76. The van der Waals surface area contributed by atoms with Gasteiger partial charge in [0.05, 0.1) is 32.2 Å². The first kappa shape index (κ1) is 21.7. The Morgan fingerprint density at radius 3 is 2.21 bits per heavy atom. The summed E-state index contributed by atoms with van der Waals surface area (Å²) >= 11 is 0. The molecule has 0 unspecified atom stereocenters. The zero-order chi connectivity index (χ0) is 21.3. The zero-order valence-corrected chi connectivity index (χ0v) is 15.2. The molecule has 29 heavy (non-hydrogen) atoms. The number of hydrogen-bond acceptors (Lipinski definition) is 5. The van der Waals surface area contributed by atoms with Gasteiger partial charge in [-0.3, -0.25) is 0 Å². The van der Waals surface area contributed by atoms with Crippen molar-refractivity contribution < 1.29 is 50.0 Å². The summed E-state index contributed by atoms with van der Waals surface area (Å²) in [7, 11) is 0. The molecule has 3 aliphatic heterocycles. The lowest BCUT2D eigenvalue weighted by atomic mass is 9.84. The molecule has 162 valence electrons. The molecule has 1 aromatic rings. The molecule has 1 aromatic carbocycles. The van der Waals surface area contributed by atoms with Crippen molar-refractivity contribution in [1.82, 2.24) is 0 Å². The lowest BCUT2D eigenvalue weighted by Crippen LogP contribution is -2.68. The number of benzene rings is 1. The summed E-state index contributed by atoms with van der Waals surface area (Å²) in [5, 5.41) is 0. The van der Waals surface area contributed by atoms with Gasteiger partial charge in [0.1, 0.15) is 5.75 Å². The highest BCUT2D eigenvalue weighted by atomic mass is 19.4. The molecule has 0 radical (unpaired) electrons. The Labute approximate surface area is 162 Å². The number of allylic oxidation sites excluding steroid dienone is 1. The van der Waals surface area contributed by atoms with Crippen LogP contribution in [0.4, 0.5) is 26.3 Å². The summed E-state index contributed by atoms with van der Waals surface area (Å²) in [5.41, 5.74) is -0.498. The van der Waals surface area contributed by atoms with Crippen molar-refractivity contribution in [2.45, 2.75) is 38.0 Å². The van der Waals surface area contributed by atoms with Crippen molar-refractivity contribution in [1.29, 1.82) is 0 Å². The van der Waals surface area contributed by atoms with Gasteiger partial charge in [0.25, 0.3) is 0 Å². The molecule has 0 saturated carbocycles. The standard InChI is InChI=1S/C18H18F6O5/c1-2-5-15-9-26-18(27-10-15,28-11-15)17(23,24)29-12-3-4-14(13(19)8-12)25-7-6-16(20,21)22/h3-4,6-8H,2,5,9-11H2,1H3/b7-6+. The Morgan fingerprint density at radius 2 is 1.69 bits per heavy atom. The lowest BCUT2D eigenvalue weighted by molar-refractivity contribution is -0.548. The monoisotopic (exact) mass is 428 g/mol. The van der Waals surface area contributed by atoms with E-state index in [1.807, 2.05) is 6.92 Å². The van der Waals surface area contributed by atoms with E-state index in [4.69, 9.17) is 14.2 Å². The Morgan fingerprint density at radius 1 is 1.07 bits per heavy atom. The average Bonchev–Trinajstić information content (AvgIpc) is 2.64. The molecule has 0 N–H and O–H groups in total. The number of halogens is 6.